The van der Waals surface area contributed by atoms with Gasteiger partial charge in [-0.05, 0) is 55.8 Å². The lowest BCUT2D eigenvalue weighted by atomic mass is 9.83. The van der Waals surface area contributed by atoms with Crippen molar-refractivity contribution in [3.05, 3.63) is 34.0 Å². The summed E-state index contributed by atoms with van der Waals surface area (Å²) in [5.41, 5.74) is 3.04. The van der Waals surface area contributed by atoms with Crippen LogP contribution in [0.25, 0.3) is 0 Å². The molecular weight excluding hydrogens is 226 g/mol. The van der Waals surface area contributed by atoms with Gasteiger partial charge in [-0.15, -0.1) is 11.3 Å². The molecule has 0 amide bonds. The molecule has 0 saturated carbocycles. The first-order chi connectivity index (χ1) is 8.34. The maximum atomic E-state index is 4.32. The first-order valence-electron chi connectivity index (χ1n) is 6.81. The number of nitrogens with zero attached hydrogens (tertiary/aromatic N) is 1. The third-order valence-electron chi connectivity index (χ3n) is 4.21. The van der Waals surface area contributed by atoms with Crippen LogP contribution in [-0.4, -0.2) is 24.5 Å². The predicted molar refractivity (Wildman–Crippen MR) is 74.8 cm³/mol. The Hall–Kier alpha value is -0.600. The van der Waals surface area contributed by atoms with Crippen LogP contribution in [0.2, 0.25) is 0 Å². The molecule has 3 rings (SSSR count). The molecular formula is C15H21NS. The third-order valence-corrected chi connectivity index (χ3v) is 5.21. The van der Waals surface area contributed by atoms with Crippen LogP contribution in [0.15, 0.2) is 23.6 Å². The zero-order valence-corrected chi connectivity index (χ0v) is 11.3. The van der Waals surface area contributed by atoms with Crippen LogP contribution in [0, 0.1) is 0 Å². The van der Waals surface area contributed by atoms with Crippen molar-refractivity contribution in [2.24, 2.45) is 0 Å². The van der Waals surface area contributed by atoms with Gasteiger partial charge in [-0.1, -0.05) is 18.6 Å². The molecule has 2 heteroatoms. The summed E-state index contributed by atoms with van der Waals surface area (Å²) in [7, 11) is 0. The molecule has 0 N–H and O–H groups in total. The Bertz CT molecular complexity index is 401. The van der Waals surface area contributed by atoms with Crippen molar-refractivity contribution >= 4 is 11.3 Å². The largest absolute Gasteiger partial charge is 0.302 e. The van der Waals surface area contributed by atoms with Crippen molar-refractivity contribution in [1.82, 2.24) is 4.90 Å². The molecule has 1 aromatic heterocycles. The lowest BCUT2D eigenvalue weighted by Gasteiger charge is -2.33. The van der Waals surface area contributed by atoms with Crippen molar-refractivity contribution in [3.8, 4) is 0 Å². The molecule has 1 fully saturated rings. The quantitative estimate of drug-likeness (QED) is 0.718. The summed E-state index contributed by atoms with van der Waals surface area (Å²) in [5, 5.41) is 2.26. The van der Waals surface area contributed by atoms with Gasteiger partial charge in [0.2, 0.25) is 0 Å². The van der Waals surface area contributed by atoms with E-state index in [-0.39, 0.29) is 0 Å². The Kier molecular flexibility index (Phi) is 3.34. The highest BCUT2D eigenvalue weighted by molar-refractivity contribution is 7.10. The lowest BCUT2D eigenvalue weighted by Crippen LogP contribution is -2.34. The van der Waals surface area contributed by atoms with Gasteiger partial charge < -0.3 is 4.90 Å². The molecule has 1 nitrogen and oxygen atoms in total. The number of likely N-dealkylation sites (tertiary alicyclic amines) is 1. The molecule has 1 saturated heterocycles. The Morgan fingerprint density at radius 3 is 2.88 bits per heavy atom. The van der Waals surface area contributed by atoms with E-state index in [1.807, 2.05) is 11.3 Å². The highest BCUT2D eigenvalue weighted by Crippen LogP contribution is 2.38. The minimum Gasteiger partial charge on any atom is -0.302 e. The van der Waals surface area contributed by atoms with Crippen LogP contribution in [-0.2, 0) is 6.42 Å². The number of rotatable bonds is 2. The maximum Gasteiger partial charge on any atom is 0.0184 e. The molecule has 2 heterocycles. The first kappa shape index (κ1) is 11.5. The number of thiophene rings is 1. The summed E-state index contributed by atoms with van der Waals surface area (Å²) in [4.78, 5) is 4.26. The van der Waals surface area contributed by atoms with Crippen LogP contribution >= 0.6 is 11.3 Å². The van der Waals surface area contributed by atoms with Crippen molar-refractivity contribution in [1.29, 1.82) is 0 Å². The second-order valence-electron chi connectivity index (χ2n) is 5.37. The fraction of sp³-hybridized carbons (Fsp3) is 0.600. The smallest absolute Gasteiger partial charge is 0.0184 e. The van der Waals surface area contributed by atoms with Gasteiger partial charge in [0.1, 0.15) is 0 Å². The highest BCUT2D eigenvalue weighted by Gasteiger charge is 2.26. The van der Waals surface area contributed by atoms with Crippen LogP contribution in [0.3, 0.4) is 0 Å². The van der Waals surface area contributed by atoms with Gasteiger partial charge in [0.25, 0.3) is 0 Å². The second-order valence-corrected chi connectivity index (χ2v) is 6.37. The van der Waals surface area contributed by atoms with Gasteiger partial charge >= 0.3 is 0 Å². The topological polar surface area (TPSA) is 3.24 Å². The number of fused-ring (bicyclic) bond motifs is 1. The Labute approximate surface area is 108 Å². The summed E-state index contributed by atoms with van der Waals surface area (Å²) in [6.07, 6.45) is 6.62. The van der Waals surface area contributed by atoms with Gasteiger partial charge in [0.05, 0.1) is 0 Å². The Morgan fingerprint density at radius 2 is 2.06 bits per heavy atom. The van der Waals surface area contributed by atoms with E-state index in [0.29, 0.717) is 5.92 Å². The monoisotopic (exact) mass is 247 g/mol. The summed E-state index contributed by atoms with van der Waals surface area (Å²) in [6.45, 7) is 8.12. The predicted octanol–water partition coefficient (Wildman–Crippen LogP) is 3.82. The molecule has 0 aromatic carbocycles. The average molecular weight is 247 g/mol. The van der Waals surface area contributed by atoms with E-state index in [1.165, 1.54) is 57.3 Å². The van der Waals surface area contributed by atoms with Crippen LogP contribution in [0.5, 0.6) is 0 Å². The number of hydrogen-bond acceptors (Lipinski definition) is 2. The fourth-order valence-corrected chi connectivity index (χ4v) is 4.11. The van der Waals surface area contributed by atoms with E-state index in [9.17, 15) is 0 Å². The number of piperidine rings is 1. The van der Waals surface area contributed by atoms with Gasteiger partial charge in [-0.2, -0.15) is 0 Å². The molecule has 1 atom stereocenters. The zero-order valence-electron chi connectivity index (χ0n) is 10.5. The van der Waals surface area contributed by atoms with Gasteiger partial charge in [0.15, 0.2) is 0 Å². The average Bonchev–Trinajstić information content (AvgIpc) is 2.83. The van der Waals surface area contributed by atoms with E-state index in [1.54, 1.807) is 10.4 Å². The zero-order chi connectivity index (χ0) is 11.7. The van der Waals surface area contributed by atoms with Crippen LogP contribution in [0.1, 0.15) is 42.0 Å². The molecule has 1 unspecified atom stereocenters. The summed E-state index contributed by atoms with van der Waals surface area (Å²) in [5.74, 6) is 0.614. The first-order valence-corrected chi connectivity index (χ1v) is 7.69. The molecule has 1 aromatic rings. The van der Waals surface area contributed by atoms with Crippen LogP contribution in [0.4, 0.5) is 0 Å². The van der Waals surface area contributed by atoms with E-state index in [4.69, 9.17) is 0 Å². The van der Waals surface area contributed by atoms with E-state index < -0.39 is 0 Å². The standard InChI is InChI=1S/C15H21NS/c1-12-5-6-15-13(7-10-17-15)14(12)11-16-8-3-2-4-9-16/h7,10,14H,1-6,8-9,11H2. The second kappa shape index (κ2) is 4.95. The van der Waals surface area contributed by atoms with Crippen molar-refractivity contribution in [2.75, 3.05) is 19.6 Å². The van der Waals surface area contributed by atoms with Crippen molar-refractivity contribution in [3.63, 3.8) is 0 Å². The summed E-state index contributed by atoms with van der Waals surface area (Å²) < 4.78 is 0. The Morgan fingerprint density at radius 1 is 1.24 bits per heavy atom. The van der Waals surface area contributed by atoms with Gasteiger partial charge in [-0.25, -0.2) is 0 Å². The normalized spacial score (nSPS) is 25.9. The molecule has 0 spiro atoms. The summed E-state index contributed by atoms with van der Waals surface area (Å²) >= 11 is 1.93. The molecule has 0 bridgehead atoms. The molecule has 2 aliphatic rings. The lowest BCUT2D eigenvalue weighted by molar-refractivity contribution is 0.220. The van der Waals surface area contributed by atoms with E-state index >= 15 is 0 Å². The summed E-state index contributed by atoms with van der Waals surface area (Å²) in [6, 6.07) is 2.33. The fourth-order valence-electron chi connectivity index (χ4n) is 3.16. The number of aryl methyl sites for hydroxylation is 1. The van der Waals surface area contributed by atoms with E-state index in [2.05, 4.69) is 22.9 Å². The molecule has 1 aliphatic heterocycles. The van der Waals surface area contributed by atoms with E-state index in [0.717, 1.165) is 0 Å². The molecule has 92 valence electrons. The molecule has 1 aliphatic carbocycles. The van der Waals surface area contributed by atoms with Crippen molar-refractivity contribution < 1.29 is 0 Å². The Balaban J connectivity index is 1.75. The SMILES string of the molecule is C=C1CCc2sccc2C1CN1CCCCC1. The van der Waals surface area contributed by atoms with Crippen molar-refractivity contribution in [2.45, 2.75) is 38.0 Å². The minimum atomic E-state index is 0.614. The molecule has 17 heavy (non-hydrogen) atoms. The number of hydrogen-bond donors (Lipinski definition) is 0. The van der Waals surface area contributed by atoms with Gasteiger partial charge in [-0.3, -0.25) is 0 Å². The van der Waals surface area contributed by atoms with Crippen LogP contribution < -0.4 is 0 Å². The third kappa shape index (κ3) is 2.34. The maximum absolute atomic E-state index is 4.32. The minimum absolute atomic E-state index is 0.614. The van der Waals surface area contributed by atoms with Gasteiger partial charge in [0, 0.05) is 17.3 Å². The highest BCUT2D eigenvalue weighted by atomic mass is 32.1. The molecule has 0 radical (unpaired) electrons.